The fourth-order valence-corrected chi connectivity index (χ4v) is 1.92. The largest absolute Gasteiger partial charge is 0.451 e. The van der Waals surface area contributed by atoms with Crippen molar-refractivity contribution >= 4 is 11.6 Å². The number of methoxy groups -OCH3 is 1. The summed E-state index contributed by atoms with van der Waals surface area (Å²) < 4.78 is 37.8. The number of benzene rings is 2. The van der Waals surface area contributed by atoms with Gasteiger partial charge in [-0.1, -0.05) is 12.1 Å². The molecule has 5 heteroatoms. The molecule has 0 atom stereocenters. The highest BCUT2D eigenvalue weighted by atomic mass is 35.5. The van der Waals surface area contributed by atoms with Crippen LogP contribution in [0.4, 0.5) is 8.78 Å². The zero-order chi connectivity index (χ0) is 14.5. The molecule has 0 saturated heterocycles. The number of hydrogen-bond donors (Lipinski definition) is 0. The van der Waals surface area contributed by atoms with E-state index in [0.717, 1.165) is 17.7 Å². The van der Waals surface area contributed by atoms with Crippen LogP contribution in [-0.2, 0) is 17.2 Å². The number of halogens is 3. The maximum Gasteiger partial charge on any atom is 0.198 e. The second-order valence-electron chi connectivity index (χ2n) is 4.20. The second-order valence-corrected chi connectivity index (χ2v) is 4.47. The molecule has 0 fully saturated rings. The van der Waals surface area contributed by atoms with E-state index >= 15 is 0 Å². The Morgan fingerprint density at radius 1 is 1.05 bits per heavy atom. The average Bonchev–Trinajstić information content (AvgIpc) is 2.43. The predicted octanol–water partition coefficient (Wildman–Crippen LogP) is 4.64. The zero-order valence-corrected chi connectivity index (χ0v) is 11.6. The molecular weight excluding hydrogens is 286 g/mol. The SMILES string of the molecule is COCc1cccc(Oc2c(F)cc(CCl)cc2F)c1. The summed E-state index contributed by atoms with van der Waals surface area (Å²) in [6.45, 7) is 0.396. The van der Waals surface area contributed by atoms with Gasteiger partial charge >= 0.3 is 0 Å². The molecule has 0 aromatic heterocycles. The highest BCUT2D eigenvalue weighted by Gasteiger charge is 2.13. The summed E-state index contributed by atoms with van der Waals surface area (Å²) in [4.78, 5) is 0. The molecule has 0 amide bonds. The molecule has 0 heterocycles. The number of alkyl halides is 1. The van der Waals surface area contributed by atoms with Gasteiger partial charge in [0.2, 0.25) is 0 Å². The van der Waals surface area contributed by atoms with Gasteiger partial charge in [0.1, 0.15) is 5.75 Å². The minimum Gasteiger partial charge on any atom is -0.451 e. The minimum absolute atomic E-state index is 0.0391. The monoisotopic (exact) mass is 298 g/mol. The average molecular weight is 299 g/mol. The normalized spacial score (nSPS) is 10.6. The molecule has 0 unspecified atom stereocenters. The maximum absolute atomic E-state index is 13.8. The number of ether oxygens (including phenoxy) is 2. The van der Waals surface area contributed by atoms with Crippen molar-refractivity contribution < 1.29 is 18.3 Å². The molecular formula is C15H13ClF2O2. The first kappa shape index (κ1) is 14.8. The van der Waals surface area contributed by atoms with Crippen LogP contribution in [0.3, 0.4) is 0 Å². The second kappa shape index (κ2) is 6.68. The van der Waals surface area contributed by atoms with Crippen molar-refractivity contribution in [2.45, 2.75) is 12.5 Å². The Labute approximate surface area is 120 Å². The molecule has 106 valence electrons. The van der Waals surface area contributed by atoms with Gasteiger partial charge in [0.05, 0.1) is 6.61 Å². The van der Waals surface area contributed by atoms with Crippen molar-refractivity contribution in [1.82, 2.24) is 0 Å². The van der Waals surface area contributed by atoms with Gasteiger partial charge in [-0.3, -0.25) is 0 Å². The highest BCUT2D eigenvalue weighted by molar-refractivity contribution is 6.17. The van der Waals surface area contributed by atoms with Crippen molar-refractivity contribution in [3.8, 4) is 11.5 Å². The van der Waals surface area contributed by atoms with Crippen LogP contribution in [-0.4, -0.2) is 7.11 Å². The Balaban J connectivity index is 2.28. The van der Waals surface area contributed by atoms with Crippen molar-refractivity contribution in [2.75, 3.05) is 7.11 Å². The first-order valence-corrected chi connectivity index (χ1v) is 6.47. The molecule has 2 aromatic carbocycles. The van der Waals surface area contributed by atoms with E-state index in [4.69, 9.17) is 21.1 Å². The molecule has 2 aromatic rings. The third-order valence-electron chi connectivity index (χ3n) is 2.64. The van der Waals surface area contributed by atoms with E-state index in [-0.39, 0.29) is 5.88 Å². The standard InChI is InChI=1S/C15H13ClF2O2/c1-19-9-10-3-2-4-12(5-10)20-15-13(17)6-11(8-16)7-14(15)18/h2-7H,8-9H2,1H3. The van der Waals surface area contributed by atoms with Crippen molar-refractivity contribution in [3.05, 3.63) is 59.2 Å². The fraction of sp³-hybridized carbons (Fsp3) is 0.200. The lowest BCUT2D eigenvalue weighted by Gasteiger charge is -2.10. The van der Waals surface area contributed by atoms with Crippen LogP contribution in [0.1, 0.15) is 11.1 Å². The van der Waals surface area contributed by atoms with Gasteiger partial charge in [-0.25, -0.2) is 8.78 Å². The summed E-state index contributed by atoms with van der Waals surface area (Å²) >= 11 is 5.55. The van der Waals surface area contributed by atoms with Gasteiger partial charge in [0, 0.05) is 13.0 Å². The Morgan fingerprint density at radius 2 is 1.75 bits per heavy atom. The lowest BCUT2D eigenvalue weighted by molar-refractivity contribution is 0.184. The minimum atomic E-state index is -0.780. The quantitative estimate of drug-likeness (QED) is 0.749. The summed E-state index contributed by atoms with van der Waals surface area (Å²) in [5, 5.41) is 0. The van der Waals surface area contributed by atoms with Gasteiger partial charge < -0.3 is 9.47 Å². The molecule has 2 rings (SSSR count). The number of hydrogen-bond acceptors (Lipinski definition) is 2. The van der Waals surface area contributed by atoms with Crippen LogP contribution >= 0.6 is 11.6 Å². The maximum atomic E-state index is 13.8. The number of rotatable bonds is 5. The van der Waals surface area contributed by atoms with E-state index in [2.05, 4.69) is 0 Å². The van der Waals surface area contributed by atoms with Crippen LogP contribution in [0.5, 0.6) is 11.5 Å². The van der Waals surface area contributed by atoms with Crippen LogP contribution in [0.2, 0.25) is 0 Å². The smallest absolute Gasteiger partial charge is 0.198 e. The Hall–Kier alpha value is -1.65. The van der Waals surface area contributed by atoms with E-state index in [1.165, 1.54) is 0 Å². The molecule has 0 bridgehead atoms. The fourth-order valence-electron chi connectivity index (χ4n) is 1.77. The highest BCUT2D eigenvalue weighted by Crippen LogP contribution is 2.29. The van der Waals surface area contributed by atoms with Gasteiger partial charge in [-0.05, 0) is 35.4 Å². The molecule has 0 aliphatic heterocycles. The molecule has 0 aliphatic rings. The van der Waals surface area contributed by atoms with Gasteiger partial charge in [0.15, 0.2) is 17.4 Å². The molecule has 20 heavy (non-hydrogen) atoms. The van der Waals surface area contributed by atoms with Crippen molar-refractivity contribution in [2.24, 2.45) is 0 Å². The Bertz CT molecular complexity index is 579. The topological polar surface area (TPSA) is 18.5 Å². The molecule has 2 nitrogen and oxygen atoms in total. The predicted molar refractivity (Wildman–Crippen MR) is 73.1 cm³/mol. The Kier molecular flexibility index (Phi) is 4.93. The molecule has 0 N–H and O–H groups in total. The lowest BCUT2D eigenvalue weighted by atomic mass is 10.2. The zero-order valence-electron chi connectivity index (χ0n) is 10.8. The van der Waals surface area contributed by atoms with E-state index < -0.39 is 17.4 Å². The van der Waals surface area contributed by atoms with Crippen LogP contribution in [0.15, 0.2) is 36.4 Å². The molecule has 0 radical (unpaired) electrons. The summed E-state index contributed by atoms with van der Waals surface area (Å²) in [5.74, 6) is -1.61. The van der Waals surface area contributed by atoms with E-state index in [1.807, 2.05) is 6.07 Å². The van der Waals surface area contributed by atoms with E-state index in [0.29, 0.717) is 17.9 Å². The Morgan fingerprint density at radius 3 is 2.35 bits per heavy atom. The third-order valence-corrected chi connectivity index (χ3v) is 2.95. The first-order valence-electron chi connectivity index (χ1n) is 5.93. The summed E-state index contributed by atoms with van der Waals surface area (Å²) in [7, 11) is 1.57. The first-order chi connectivity index (χ1) is 9.63. The van der Waals surface area contributed by atoms with E-state index in [1.54, 1.807) is 25.3 Å². The molecule has 0 aliphatic carbocycles. The van der Waals surface area contributed by atoms with Gasteiger partial charge in [0.25, 0.3) is 0 Å². The summed E-state index contributed by atoms with van der Waals surface area (Å²) in [5.41, 5.74) is 1.21. The third kappa shape index (κ3) is 3.46. The van der Waals surface area contributed by atoms with Crippen LogP contribution in [0, 0.1) is 11.6 Å². The van der Waals surface area contributed by atoms with Crippen molar-refractivity contribution in [1.29, 1.82) is 0 Å². The van der Waals surface area contributed by atoms with E-state index in [9.17, 15) is 8.78 Å². The van der Waals surface area contributed by atoms with Gasteiger partial charge in [-0.2, -0.15) is 0 Å². The summed E-state index contributed by atoms with van der Waals surface area (Å²) in [6, 6.07) is 9.16. The van der Waals surface area contributed by atoms with Gasteiger partial charge in [-0.15, -0.1) is 11.6 Å². The molecule has 0 saturated carbocycles. The van der Waals surface area contributed by atoms with Crippen molar-refractivity contribution in [3.63, 3.8) is 0 Å². The van der Waals surface area contributed by atoms with Crippen LogP contribution < -0.4 is 4.74 Å². The van der Waals surface area contributed by atoms with Crippen LogP contribution in [0.25, 0.3) is 0 Å². The lowest BCUT2D eigenvalue weighted by Crippen LogP contribution is -1.96. The summed E-state index contributed by atoms with van der Waals surface area (Å²) in [6.07, 6.45) is 0. The molecule has 0 spiro atoms.